The monoisotopic (exact) mass is 482 g/mol. The number of alkyl halides is 3. The summed E-state index contributed by atoms with van der Waals surface area (Å²) < 4.78 is 40.6. The molecule has 8 nitrogen and oxygen atoms in total. The van der Waals surface area contributed by atoms with Crippen LogP contribution in [0.3, 0.4) is 0 Å². The average molecular weight is 482 g/mol. The molecule has 0 fully saturated rings. The van der Waals surface area contributed by atoms with Crippen molar-refractivity contribution in [2.24, 2.45) is 0 Å². The molecule has 1 aliphatic rings. The van der Waals surface area contributed by atoms with Crippen molar-refractivity contribution in [3.05, 3.63) is 69.5 Å². The number of H-pyrrole nitrogens is 1. The van der Waals surface area contributed by atoms with Crippen molar-refractivity contribution in [3.63, 3.8) is 0 Å². The number of hydrogen-bond acceptors (Lipinski definition) is 5. The number of nitrogens with one attached hydrogen (secondary N) is 1. The molecule has 0 spiro atoms. The molecule has 3 heterocycles. The summed E-state index contributed by atoms with van der Waals surface area (Å²) >= 11 is 0. The number of fused-ring (bicyclic) bond motifs is 2. The molecule has 1 amide bonds. The number of carbonyl (C=O) groups is 1. The molecule has 2 aromatic carbocycles. The Bertz CT molecular complexity index is 1520. The third kappa shape index (κ3) is 3.92. The van der Waals surface area contributed by atoms with Crippen LogP contribution in [0.4, 0.5) is 24.7 Å². The number of amides is 1. The zero-order chi connectivity index (χ0) is 24.9. The van der Waals surface area contributed by atoms with E-state index in [9.17, 15) is 22.8 Å². The number of nitrogen functional groups attached to an aromatic ring is 1. The molecule has 0 aliphatic carbocycles. The predicted octanol–water partition coefficient (Wildman–Crippen LogP) is 3.54. The fraction of sp³-hybridized carbons (Fsp3) is 0.250. The van der Waals surface area contributed by atoms with E-state index < -0.39 is 11.7 Å². The predicted molar refractivity (Wildman–Crippen MR) is 125 cm³/mol. The van der Waals surface area contributed by atoms with Crippen LogP contribution in [0.5, 0.6) is 0 Å². The highest BCUT2D eigenvalue weighted by Crippen LogP contribution is 2.36. The maximum Gasteiger partial charge on any atom is 0.416 e. The Morgan fingerprint density at radius 2 is 2.00 bits per heavy atom. The lowest BCUT2D eigenvalue weighted by Gasteiger charge is -2.18. The number of aromatic amines is 1. The number of nitrogens with zero attached hydrogens (tertiary/aromatic N) is 4. The van der Waals surface area contributed by atoms with Crippen molar-refractivity contribution in [2.75, 3.05) is 17.2 Å². The van der Waals surface area contributed by atoms with Crippen molar-refractivity contribution in [2.45, 2.75) is 32.5 Å². The van der Waals surface area contributed by atoms with Crippen LogP contribution in [0.25, 0.3) is 22.2 Å². The van der Waals surface area contributed by atoms with Crippen LogP contribution >= 0.6 is 0 Å². The van der Waals surface area contributed by atoms with Gasteiger partial charge in [0, 0.05) is 24.3 Å². The summed E-state index contributed by atoms with van der Waals surface area (Å²) in [5, 5.41) is 11.3. The van der Waals surface area contributed by atoms with Gasteiger partial charge in [-0.1, -0.05) is 24.3 Å². The van der Waals surface area contributed by atoms with E-state index in [-0.39, 0.29) is 23.7 Å². The van der Waals surface area contributed by atoms with Gasteiger partial charge in [-0.2, -0.15) is 23.4 Å². The molecule has 0 bridgehead atoms. The molecular formula is C24H21F3N6O2. The Morgan fingerprint density at radius 3 is 2.74 bits per heavy atom. The minimum absolute atomic E-state index is 0.137. The maximum atomic E-state index is 13.0. The van der Waals surface area contributed by atoms with Crippen molar-refractivity contribution in [3.8, 4) is 11.3 Å². The smallest absolute Gasteiger partial charge is 0.382 e. The van der Waals surface area contributed by atoms with E-state index in [1.54, 1.807) is 21.7 Å². The molecule has 3 N–H and O–H groups in total. The van der Waals surface area contributed by atoms with Crippen LogP contribution in [-0.4, -0.2) is 32.4 Å². The summed E-state index contributed by atoms with van der Waals surface area (Å²) in [7, 11) is 0. The quantitative estimate of drug-likeness (QED) is 0.462. The fourth-order valence-electron chi connectivity index (χ4n) is 4.52. The van der Waals surface area contributed by atoms with Gasteiger partial charge >= 0.3 is 6.18 Å². The summed E-state index contributed by atoms with van der Waals surface area (Å²) in [4.78, 5) is 26.9. The normalized spacial score (nSPS) is 13.4. The highest BCUT2D eigenvalue weighted by Gasteiger charge is 2.31. The van der Waals surface area contributed by atoms with Gasteiger partial charge in [-0.05, 0) is 42.7 Å². The largest absolute Gasteiger partial charge is 0.416 e. The van der Waals surface area contributed by atoms with Crippen molar-refractivity contribution >= 4 is 28.3 Å². The maximum absolute atomic E-state index is 13.0. The van der Waals surface area contributed by atoms with Gasteiger partial charge in [-0.15, -0.1) is 0 Å². The summed E-state index contributed by atoms with van der Waals surface area (Å²) in [5.74, 6) is -0.121. The van der Waals surface area contributed by atoms with Gasteiger partial charge in [0.25, 0.3) is 5.56 Å². The van der Waals surface area contributed by atoms with E-state index in [0.717, 1.165) is 23.3 Å². The van der Waals surface area contributed by atoms with E-state index in [0.29, 0.717) is 47.4 Å². The molecule has 5 rings (SSSR count). The Kier molecular flexibility index (Phi) is 5.34. The number of carbonyl (C=O) groups excluding carboxylic acids is 1. The second-order valence-electron chi connectivity index (χ2n) is 8.34. The molecule has 2 aromatic heterocycles. The Balaban J connectivity index is 1.46. The van der Waals surface area contributed by atoms with Gasteiger partial charge in [0.15, 0.2) is 5.82 Å². The van der Waals surface area contributed by atoms with Crippen LogP contribution in [0, 0.1) is 0 Å². The molecule has 0 saturated carbocycles. The molecule has 180 valence electrons. The minimum Gasteiger partial charge on any atom is -0.382 e. The van der Waals surface area contributed by atoms with Crippen LogP contribution in [0.2, 0.25) is 0 Å². The number of aromatic nitrogens is 4. The topological polar surface area (TPSA) is 110 Å². The lowest BCUT2D eigenvalue weighted by molar-refractivity contribution is -0.137. The average Bonchev–Trinajstić information content (AvgIpc) is 3.43. The SMILES string of the molecule is CCn1nc(-c2ccc3c(c2)CCN3C(=O)Cc2cccc(C(F)(F)F)c2)c2c(N)n[nH]c(=O)c21. The summed E-state index contributed by atoms with van der Waals surface area (Å²) in [5.41, 5.74) is 8.39. The first-order chi connectivity index (χ1) is 16.7. The molecule has 1 aliphatic heterocycles. The van der Waals surface area contributed by atoms with Gasteiger partial charge in [0.1, 0.15) is 11.2 Å². The van der Waals surface area contributed by atoms with E-state index in [1.165, 1.54) is 12.1 Å². The highest BCUT2D eigenvalue weighted by molar-refractivity contribution is 6.01. The molecule has 0 atom stereocenters. The summed E-state index contributed by atoms with van der Waals surface area (Å²) in [6, 6.07) is 10.3. The first-order valence-corrected chi connectivity index (χ1v) is 11.0. The van der Waals surface area contributed by atoms with Gasteiger partial charge in [0.2, 0.25) is 5.91 Å². The number of anilines is 2. The zero-order valence-corrected chi connectivity index (χ0v) is 18.7. The second-order valence-corrected chi connectivity index (χ2v) is 8.34. The first-order valence-electron chi connectivity index (χ1n) is 11.0. The molecule has 0 radical (unpaired) electrons. The van der Waals surface area contributed by atoms with E-state index in [1.807, 2.05) is 13.0 Å². The standard InChI is InChI=1S/C24H21F3N6O2/c1-2-33-21-19(22(28)29-30-23(21)35)20(31-33)15-6-7-17-14(12-15)8-9-32(17)18(34)11-13-4-3-5-16(10-13)24(25,26)27/h3-7,10,12H,2,8-9,11H2,1H3,(H2,28,29)(H,30,35). The molecule has 0 unspecified atom stereocenters. The highest BCUT2D eigenvalue weighted by atomic mass is 19.4. The number of aryl methyl sites for hydroxylation is 1. The van der Waals surface area contributed by atoms with Crippen molar-refractivity contribution < 1.29 is 18.0 Å². The first kappa shape index (κ1) is 22.6. The van der Waals surface area contributed by atoms with E-state index in [4.69, 9.17) is 5.73 Å². The van der Waals surface area contributed by atoms with Gasteiger partial charge in [0.05, 0.1) is 17.4 Å². The number of rotatable bonds is 4. The second kappa shape index (κ2) is 8.26. The van der Waals surface area contributed by atoms with Crippen LogP contribution in [0.1, 0.15) is 23.6 Å². The van der Waals surface area contributed by atoms with Gasteiger partial charge < -0.3 is 10.6 Å². The number of hydrogen-bond donors (Lipinski definition) is 2. The Hall–Kier alpha value is -4.15. The van der Waals surface area contributed by atoms with Crippen LogP contribution in [-0.2, 0) is 30.4 Å². The molecule has 4 aromatic rings. The lowest BCUT2D eigenvalue weighted by Crippen LogP contribution is -2.30. The third-order valence-electron chi connectivity index (χ3n) is 6.16. The molecule has 11 heteroatoms. The van der Waals surface area contributed by atoms with Crippen LogP contribution < -0.4 is 16.2 Å². The fourth-order valence-corrected chi connectivity index (χ4v) is 4.52. The lowest BCUT2D eigenvalue weighted by atomic mass is 10.0. The summed E-state index contributed by atoms with van der Waals surface area (Å²) in [6.07, 6.45) is -4.02. The van der Waals surface area contributed by atoms with Gasteiger partial charge in [-0.25, -0.2) is 5.10 Å². The number of nitrogens with two attached hydrogens (primary N) is 1. The van der Waals surface area contributed by atoms with Crippen molar-refractivity contribution in [1.29, 1.82) is 0 Å². The minimum atomic E-state index is -4.46. The number of halogens is 3. The third-order valence-corrected chi connectivity index (χ3v) is 6.16. The number of benzene rings is 2. The van der Waals surface area contributed by atoms with Gasteiger partial charge in [-0.3, -0.25) is 14.3 Å². The van der Waals surface area contributed by atoms with E-state index >= 15 is 0 Å². The summed E-state index contributed by atoms with van der Waals surface area (Å²) in [6.45, 7) is 2.75. The Morgan fingerprint density at radius 1 is 1.20 bits per heavy atom. The Labute approximate surface area is 197 Å². The molecular weight excluding hydrogens is 461 g/mol. The zero-order valence-electron chi connectivity index (χ0n) is 18.7. The van der Waals surface area contributed by atoms with Crippen molar-refractivity contribution in [1.82, 2.24) is 20.0 Å². The molecule has 35 heavy (non-hydrogen) atoms. The van der Waals surface area contributed by atoms with Crippen LogP contribution in [0.15, 0.2) is 47.3 Å². The molecule has 0 saturated heterocycles. The van der Waals surface area contributed by atoms with E-state index in [2.05, 4.69) is 15.3 Å².